The molecule has 0 bridgehead atoms. The smallest absolute Gasteiger partial charge is 0.116 e. The summed E-state index contributed by atoms with van der Waals surface area (Å²) in [6, 6.07) is 3.45. The van der Waals surface area contributed by atoms with Crippen molar-refractivity contribution in [1.82, 2.24) is 15.1 Å². The van der Waals surface area contributed by atoms with Crippen LogP contribution in [0, 0.1) is 11.3 Å². The van der Waals surface area contributed by atoms with E-state index in [1.54, 1.807) is 0 Å². The Labute approximate surface area is 118 Å². The molecule has 0 aromatic rings. The van der Waals surface area contributed by atoms with Gasteiger partial charge in [-0.2, -0.15) is 5.26 Å². The first-order valence-corrected chi connectivity index (χ1v) is 7.55. The zero-order valence-electron chi connectivity index (χ0n) is 13.2. The summed E-state index contributed by atoms with van der Waals surface area (Å²) in [5, 5.41) is 12.8. The van der Waals surface area contributed by atoms with Crippen LogP contribution in [0.1, 0.15) is 41.0 Å². The molecule has 2 atom stereocenters. The Balaban J connectivity index is 2.45. The van der Waals surface area contributed by atoms with E-state index >= 15 is 0 Å². The van der Waals surface area contributed by atoms with Crippen LogP contribution in [0.2, 0.25) is 0 Å². The summed E-state index contributed by atoms with van der Waals surface area (Å²) in [4.78, 5) is 4.97. The third-order valence-corrected chi connectivity index (χ3v) is 4.01. The molecule has 0 aliphatic carbocycles. The van der Waals surface area contributed by atoms with E-state index < -0.39 is 5.54 Å². The van der Waals surface area contributed by atoms with E-state index in [2.05, 4.69) is 48.9 Å². The van der Waals surface area contributed by atoms with Gasteiger partial charge in [0.25, 0.3) is 0 Å². The Morgan fingerprint density at radius 3 is 2.21 bits per heavy atom. The maximum atomic E-state index is 9.39. The molecule has 110 valence electrons. The van der Waals surface area contributed by atoms with Crippen molar-refractivity contribution in [3.63, 3.8) is 0 Å². The number of nitriles is 1. The van der Waals surface area contributed by atoms with Crippen LogP contribution in [-0.2, 0) is 0 Å². The summed E-state index contributed by atoms with van der Waals surface area (Å²) in [5.41, 5.74) is -0.438. The van der Waals surface area contributed by atoms with Gasteiger partial charge in [-0.3, -0.25) is 15.1 Å². The van der Waals surface area contributed by atoms with Gasteiger partial charge in [-0.25, -0.2) is 0 Å². The Bertz CT molecular complexity index is 302. The average Bonchev–Trinajstić information content (AvgIpc) is 2.37. The molecule has 19 heavy (non-hydrogen) atoms. The van der Waals surface area contributed by atoms with Crippen LogP contribution in [-0.4, -0.2) is 60.1 Å². The molecule has 2 unspecified atom stereocenters. The fourth-order valence-electron chi connectivity index (χ4n) is 2.82. The minimum Gasteiger partial charge on any atom is -0.298 e. The third-order valence-electron chi connectivity index (χ3n) is 4.01. The molecular weight excluding hydrogens is 236 g/mol. The maximum absolute atomic E-state index is 9.39. The Morgan fingerprint density at radius 1 is 1.21 bits per heavy atom. The Kier molecular flexibility index (Phi) is 6.25. The van der Waals surface area contributed by atoms with Gasteiger partial charge in [0.15, 0.2) is 0 Å². The first-order valence-electron chi connectivity index (χ1n) is 7.55. The summed E-state index contributed by atoms with van der Waals surface area (Å²) >= 11 is 0. The van der Waals surface area contributed by atoms with Crippen LogP contribution in [0.3, 0.4) is 0 Å². The minimum atomic E-state index is -0.438. The molecule has 0 spiro atoms. The molecule has 1 saturated heterocycles. The second-order valence-corrected chi connectivity index (χ2v) is 6.31. The van der Waals surface area contributed by atoms with Crippen LogP contribution in [0.25, 0.3) is 0 Å². The fraction of sp³-hybridized carbons (Fsp3) is 0.933. The largest absolute Gasteiger partial charge is 0.298 e. The molecule has 0 radical (unpaired) electrons. The molecule has 0 saturated carbocycles. The lowest BCUT2D eigenvalue weighted by molar-refractivity contribution is 0.0874. The topological polar surface area (TPSA) is 42.3 Å². The van der Waals surface area contributed by atoms with Gasteiger partial charge in [0.05, 0.1) is 6.07 Å². The lowest BCUT2D eigenvalue weighted by Gasteiger charge is -2.40. The van der Waals surface area contributed by atoms with E-state index in [1.807, 2.05) is 6.92 Å². The van der Waals surface area contributed by atoms with Gasteiger partial charge in [-0.1, -0.05) is 6.92 Å². The zero-order chi connectivity index (χ0) is 14.5. The quantitative estimate of drug-likeness (QED) is 0.794. The number of piperazine rings is 1. The van der Waals surface area contributed by atoms with Crippen molar-refractivity contribution >= 4 is 0 Å². The number of rotatable bonds is 6. The van der Waals surface area contributed by atoms with Crippen molar-refractivity contribution in [3.05, 3.63) is 0 Å². The molecule has 0 aromatic heterocycles. The van der Waals surface area contributed by atoms with Gasteiger partial charge in [0, 0.05) is 44.8 Å². The first-order chi connectivity index (χ1) is 8.90. The van der Waals surface area contributed by atoms with E-state index in [0.29, 0.717) is 12.1 Å². The van der Waals surface area contributed by atoms with Crippen LogP contribution in [0.4, 0.5) is 0 Å². The van der Waals surface area contributed by atoms with Crippen molar-refractivity contribution in [3.8, 4) is 6.07 Å². The second-order valence-electron chi connectivity index (χ2n) is 6.31. The predicted molar refractivity (Wildman–Crippen MR) is 80.1 cm³/mol. The molecule has 4 heteroatoms. The standard InChI is InChI=1S/C15H30N4/c1-6-14(4)19-9-7-18(8-10-19)12-15(5,11-16)17-13(2)3/h13-14,17H,6-10,12H2,1-5H3. The molecule has 4 nitrogen and oxygen atoms in total. The van der Waals surface area contributed by atoms with Crippen molar-refractivity contribution in [1.29, 1.82) is 5.26 Å². The highest BCUT2D eigenvalue weighted by molar-refractivity contribution is 5.06. The predicted octanol–water partition coefficient (Wildman–Crippen LogP) is 1.68. The molecular formula is C15H30N4. The number of nitrogens with zero attached hydrogens (tertiary/aromatic N) is 3. The first kappa shape index (κ1) is 16.4. The van der Waals surface area contributed by atoms with Crippen LogP contribution < -0.4 is 5.32 Å². The fourth-order valence-corrected chi connectivity index (χ4v) is 2.82. The Morgan fingerprint density at radius 2 is 1.79 bits per heavy atom. The van der Waals surface area contributed by atoms with Gasteiger partial charge in [-0.15, -0.1) is 0 Å². The molecule has 1 rings (SSSR count). The van der Waals surface area contributed by atoms with E-state index in [1.165, 1.54) is 6.42 Å². The average molecular weight is 266 g/mol. The summed E-state index contributed by atoms with van der Waals surface area (Å²) in [7, 11) is 0. The van der Waals surface area contributed by atoms with Crippen LogP contribution >= 0.6 is 0 Å². The highest BCUT2D eigenvalue weighted by atomic mass is 15.3. The normalized spacial score (nSPS) is 23.0. The molecule has 1 heterocycles. The van der Waals surface area contributed by atoms with Gasteiger partial charge in [0.2, 0.25) is 0 Å². The monoisotopic (exact) mass is 266 g/mol. The Hall–Kier alpha value is -0.630. The highest BCUT2D eigenvalue weighted by Crippen LogP contribution is 2.12. The summed E-state index contributed by atoms with van der Waals surface area (Å²) in [5.74, 6) is 0. The minimum absolute atomic E-state index is 0.339. The number of hydrogen-bond acceptors (Lipinski definition) is 4. The summed E-state index contributed by atoms with van der Waals surface area (Å²) < 4.78 is 0. The SMILES string of the molecule is CCC(C)N1CCN(CC(C)(C#N)NC(C)C)CC1. The van der Waals surface area contributed by atoms with Gasteiger partial charge in [0.1, 0.15) is 5.54 Å². The zero-order valence-corrected chi connectivity index (χ0v) is 13.2. The van der Waals surface area contributed by atoms with Crippen molar-refractivity contribution < 1.29 is 0 Å². The van der Waals surface area contributed by atoms with E-state index in [9.17, 15) is 5.26 Å². The van der Waals surface area contributed by atoms with Crippen LogP contribution in [0.5, 0.6) is 0 Å². The van der Waals surface area contributed by atoms with Crippen molar-refractivity contribution in [2.75, 3.05) is 32.7 Å². The number of nitrogens with one attached hydrogen (secondary N) is 1. The molecule has 1 N–H and O–H groups in total. The van der Waals surface area contributed by atoms with Gasteiger partial charge < -0.3 is 0 Å². The molecule has 1 aliphatic rings. The van der Waals surface area contributed by atoms with E-state index in [4.69, 9.17) is 0 Å². The summed E-state index contributed by atoms with van der Waals surface area (Å²) in [6.45, 7) is 15.9. The van der Waals surface area contributed by atoms with E-state index in [-0.39, 0.29) is 0 Å². The molecule has 1 aliphatic heterocycles. The highest BCUT2D eigenvalue weighted by Gasteiger charge is 2.29. The van der Waals surface area contributed by atoms with Crippen LogP contribution in [0.15, 0.2) is 0 Å². The second kappa shape index (κ2) is 7.23. The number of hydrogen-bond donors (Lipinski definition) is 1. The molecule has 0 aromatic carbocycles. The van der Waals surface area contributed by atoms with Crippen molar-refractivity contribution in [2.24, 2.45) is 0 Å². The molecule has 1 fully saturated rings. The molecule has 0 amide bonds. The van der Waals surface area contributed by atoms with Gasteiger partial charge >= 0.3 is 0 Å². The lowest BCUT2D eigenvalue weighted by atomic mass is 10.0. The maximum Gasteiger partial charge on any atom is 0.116 e. The lowest BCUT2D eigenvalue weighted by Crippen LogP contribution is -2.57. The summed E-state index contributed by atoms with van der Waals surface area (Å²) in [6.07, 6.45) is 1.21. The van der Waals surface area contributed by atoms with Crippen molar-refractivity contribution in [2.45, 2.75) is 58.7 Å². The van der Waals surface area contributed by atoms with Gasteiger partial charge in [-0.05, 0) is 34.1 Å². The van der Waals surface area contributed by atoms with E-state index in [0.717, 1.165) is 32.7 Å². The third kappa shape index (κ3) is 5.10.